The smallest absolute Gasteiger partial charge is 0.255 e. The fourth-order valence-corrected chi connectivity index (χ4v) is 2.32. The van der Waals surface area contributed by atoms with Crippen molar-refractivity contribution in [3.63, 3.8) is 0 Å². The highest BCUT2D eigenvalue weighted by Crippen LogP contribution is 2.20. The van der Waals surface area contributed by atoms with E-state index in [2.05, 4.69) is 20.6 Å². The van der Waals surface area contributed by atoms with Crippen molar-refractivity contribution >= 4 is 17.4 Å². The van der Waals surface area contributed by atoms with Crippen molar-refractivity contribution < 1.29 is 9.18 Å². The van der Waals surface area contributed by atoms with Crippen LogP contribution in [0.15, 0.2) is 67.0 Å². The van der Waals surface area contributed by atoms with Crippen LogP contribution < -0.4 is 10.6 Å². The molecule has 0 aliphatic carbocycles. The molecular weight excluding hydrogens is 319 g/mol. The third kappa shape index (κ3) is 4.38. The van der Waals surface area contributed by atoms with Crippen LogP contribution in [0.3, 0.4) is 0 Å². The van der Waals surface area contributed by atoms with Gasteiger partial charge in [0.1, 0.15) is 11.6 Å². The molecule has 3 aromatic rings. The molecule has 2 heterocycles. The molecule has 0 unspecified atom stereocenters. The second kappa shape index (κ2) is 8.01. The highest BCUT2D eigenvalue weighted by molar-refractivity contribution is 5.99. The van der Waals surface area contributed by atoms with Gasteiger partial charge in [-0.05, 0) is 36.4 Å². The molecule has 0 aliphatic rings. The number of carbonyl (C=O) groups excluding carboxylic acids is 1. The number of hydrogen-bond acceptors (Lipinski definition) is 4. The summed E-state index contributed by atoms with van der Waals surface area (Å²) in [5.74, 6) is -0.375. The Labute approximate surface area is 145 Å². The van der Waals surface area contributed by atoms with E-state index in [1.807, 2.05) is 18.2 Å². The molecule has 0 aliphatic heterocycles. The summed E-state index contributed by atoms with van der Waals surface area (Å²) in [4.78, 5) is 20.8. The summed E-state index contributed by atoms with van der Waals surface area (Å²) in [7, 11) is 0. The Morgan fingerprint density at radius 3 is 2.56 bits per heavy atom. The summed E-state index contributed by atoms with van der Waals surface area (Å²) in [6.07, 6.45) is 3.89. The van der Waals surface area contributed by atoms with Crippen molar-refractivity contribution in [2.24, 2.45) is 0 Å². The van der Waals surface area contributed by atoms with Crippen molar-refractivity contribution in [1.82, 2.24) is 15.3 Å². The van der Waals surface area contributed by atoms with E-state index in [0.717, 1.165) is 5.69 Å². The molecule has 2 aromatic heterocycles. The topological polar surface area (TPSA) is 66.9 Å². The van der Waals surface area contributed by atoms with Gasteiger partial charge < -0.3 is 10.6 Å². The van der Waals surface area contributed by atoms with Crippen LogP contribution in [0.25, 0.3) is 0 Å². The molecule has 3 rings (SSSR count). The molecule has 25 heavy (non-hydrogen) atoms. The summed E-state index contributed by atoms with van der Waals surface area (Å²) in [6.45, 7) is 0.448. The van der Waals surface area contributed by atoms with Gasteiger partial charge in [0.2, 0.25) is 0 Å². The van der Waals surface area contributed by atoms with E-state index in [9.17, 15) is 9.18 Å². The molecule has 5 nitrogen and oxygen atoms in total. The standard InChI is InChI=1S/C19H17FN4O/c20-16-8-1-2-9-17(16)24-18-15(7-5-12-22-18)19(25)23-13-10-14-6-3-4-11-21-14/h1-9,11-12H,10,13H2,(H,22,24)(H,23,25). The van der Waals surface area contributed by atoms with Gasteiger partial charge >= 0.3 is 0 Å². The first-order valence-electron chi connectivity index (χ1n) is 7.89. The summed E-state index contributed by atoms with van der Waals surface area (Å²) in [6, 6.07) is 15.2. The number of halogens is 1. The Morgan fingerprint density at radius 2 is 1.76 bits per heavy atom. The fraction of sp³-hybridized carbons (Fsp3) is 0.105. The molecule has 1 amide bonds. The highest BCUT2D eigenvalue weighted by atomic mass is 19.1. The lowest BCUT2D eigenvalue weighted by Gasteiger charge is -2.11. The fourth-order valence-electron chi connectivity index (χ4n) is 2.32. The van der Waals surface area contributed by atoms with Gasteiger partial charge in [-0.3, -0.25) is 9.78 Å². The first-order chi connectivity index (χ1) is 12.2. The third-order valence-electron chi connectivity index (χ3n) is 3.57. The van der Waals surface area contributed by atoms with Gasteiger partial charge in [-0.15, -0.1) is 0 Å². The van der Waals surface area contributed by atoms with E-state index >= 15 is 0 Å². The van der Waals surface area contributed by atoms with Gasteiger partial charge in [0.15, 0.2) is 0 Å². The summed E-state index contributed by atoms with van der Waals surface area (Å²) < 4.78 is 13.8. The van der Waals surface area contributed by atoms with E-state index in [0.29, 0.717) is 24.3 Å². The van der Waals surface area contributed by atoms with Gasteiger partial charge in [-0.1, -0.05) is 18.2 Å². The quantitative estimate of drug-likeness (QED) is 0.724. The number of pyridine rings is 2. The minimum atomic E-state index is -0.408. The second-order valence-electron chi connectivity index (χ2n) is 5.33. The van der Waals surface area contributed by atoms with Crippen LogP contribution in [0, 0.1) is 5.82 Å². The van der Waals surface area contributed by atoms with Crippen LogP contribution in [-0.2, 0) is 6.42 Å². The van der Waals surface area contributed by atoms with Crippen molar-refractivity contribution in [2.45, 2.75) is 6.42 Å². The van der Waals surface area contributed by atoms with Crippen LogP contribution in [-0.4, -0.2) is 22.4 Å². The molecule has 0 spiro atoms. The Morgan fingerprint density at radius 1 is 0.960 bits per heavy atom. The molecule has 0 saturated carbocycles. The lowest BCUT2D eigenvalue weighted by atomic mass is 10.2. The number of carbonyl (C=O) groups is 1. The van der Waals surface area contributed by atoms with Crippen molar-refractivity contribution in [3.8, 4) is 0 Å². The maximum Gasteiger partial charge on any atom is 0.255 e. The van der Waals surface area contributed by atoms with E-state index in [1.54, 1.807) is 42.7 Å². The van der Waals surface area contributed by atoms with Crippen LogP contribution >= 0.6 is 0 Å². The van der Waals surface area contributed by atoms with E-state index in [-0.39, 0.29) is 11.6 Å². The predicted octanol–water partition coefficient (Wildman–Crippen LogP) is 3.33. The number of nitrogens with zero attached hydrogens (tertiary/aromatic N) is 2. The maximum atomic E-state index is 13.8. The Balaban J connectivity index is 1.67. The van der Waals surface area contributed by atoms with Crippen molar-refractivity contribution in [1.29, 1.82) is 0 Å². The third-order valence-corrected chi connectivity index (χ3v) is 3.57. The van der Waals surface area contributed by atoms with Crippen LogP contribution in [0.2, 0.25) is 0 Å². The van der Waals surface area contributed by atoms with Gasteiger partial charge in [0, 0.05) is 31.1 Å². The maximum absolute atomic E-state index is 13.8. The zero-order valence-electron chi connectivity index (χ0n) is 13.4. The average molecular weight is 336 g/mol. The van der Waals surface area contributed by atoms with E-state index in [4.69, 9.17) is 0 Å². The number of benzene rings is 1. The number of amides is 1. The Kier molecular flexibility index (Phi) is 5.31. The number of aromatic nitrogens is 2. The summed E-state index contributed by atoms with van der Waals surface area (Å²) >= 11 is 0. The van der Waals surface area contributed by atoms with E-state index in [1.165, 1.54) is 6.07 Å². The number of hydrogen-bond donors (Lipinski definition) is 2. The highest BCUT2D eigenvalue weighted by Gasteiger charge is 2.13. The minimum absolute atomic E-state index is 0.267. The number of para-hydroxylation sites is 1. The molecule has 0 radical (unpaired) electrons. The van der Waals surface area contributed by atoms with Crippen molar-refractivity contribution in [2.75, 3.05) is 11.9 Å². The zero-order valence-corrected chi connectivity index (χ0v) is 13.4. The van der Waals surface area contributed by atoms with E-state index < -0.39 is 5.82 Å². The Bertz CT molecular complexity index is 855. The molecule has 1 aromatic carbocycles. The molecule has 0 atom stereocenters. The molecule has 2 N–H and O–H groups in total. The van der Waals surface area contributed by atoms with Crippen LogP contribution in [0.4, 0.5) is 15.9 Å². The number of anilines is 2. The molecule has 0 bridgehead atoms. The summed E-state index contributed by atoms with van der Waals surface area (Å²) in [5, 5.41) is 5.71. The second-order valence-corrected chi connectivity index (χ2v) is 5.33. The molecular formula is C19H17FN4O. The lowest BCUT2D eigenvalue weighted by molar-refractivity contribution is 0.0954. The zero-order chi connectivity index (χ0) is 17.5. The van der Waals surface area contributed by atoms with Gasteiger partial charge in [0.25, 0.3) is 5.91 Å². The average Bonchev–Trinajstić information content (AvgIpc) is 2.65. The minimum Gasteiger partial charge on any atom is -0.352 e. The normalized spacial score (nSPS) is 10.3. The first kappa shape index (κ1) is 16.6. The lowest BCUT2D eigenvalue weighted by Crippen LogP contribution is -2.26. The number of nitrogens with one attached hydrogen (secondary N) is 2. The molecule has 126 valence electrons. The van der Waals surface area contributed by atoms with Gasteiger partial charge in [-0.25, -0.2) is 9.37 Å². The number of rotatable bonds is 6. The Hall–Kier alpha value is -3.28. The predicted molar refractivity (Wildman–Crippen MR) is 94.2 cm³/mol. The van der Waals surface area contributed by atoms with Crippen LogP contribution in [0.5, 0.6) is 0 Å². The monoisotopic (exact) mass is 336 g/mol. The van der Waals surface area contributed by atoms with Crippen LogP contribution in [0.1, 0.15) is 16.1 Å². The molecule has 6 heteroatoms. The largest absolute Gasteiger partial charge is 0.352 e. The van der Waals surface area contributed by atoms with Crippen molar-refractivity contribution in [3.05, 3.63) is 84.1 Å². The first-order valence-corrected chi connectivity index (χ1v) is 7.89. The SMILES string of the molecule is O=C(NCCc1ccccn1)c1cccnc1Nc1ccccc1F. The van der Waals surface area contributed by atoms with Gasteiger partial charge in [0.05, 0.1) is 11.3 Å². The molecule has 0 fully saturated rings. The molecule has 0 saturated heterocycles. The van der Waals surface area contributed by atoms with Gasteiger partial charge in [-0.2, -0.15) is 0 Å². The summed E-state index contributed by atoms with van der Waals surface area (Å²) in [5.41, 5.74) is 1.52.